The van der Waals surface area contributed by atoms with E-state index >= 15 is 0 Å². The second-order valence-electron chi connectivity index (χ2n) is 6.95. The standard InChI is InChI=1S/C17H25ClN4O4S/c1-21(2)27(25,26)13-6-7-14(18)15(10-13)20-16(23)8-9-22(3)11-17(24)19-12-4-5-12/h6-7,10,12H,4-5,8-9,11H2,1-3H3,(H,19,24)(H,20,23)/p+1. The van der Waals surface area contributed by atoms with Gasteiger partial charge in [-0.15, -0.1) is 0 Å². The molecule has 1 aromatic carbocycles. The molecule has 0 spiro atoms. The predicted octanol–water partition coefficient (Wildman–Crippen LogP) is -0.288. The Bertz CT molecular complexity index is 809. The van der Waals surface area contributed by atoms with Crippen LogP contribution in [0.2, 0.25) is 5.02 Å². The molecular formula is C17H26ClN4O4S+. The Morgan fingerprint density at radius 2 is 1.93 bits per heavy atom. The van der Waals surface area contributed by atoms with E-state index in [-0.39, 0.29) is 33.8 Å². The molecule has 0 aromatic heterocycles. The van der Waals surface area contributed by atoms with Gasteiger partial charge in [-0.05, 0) is 31.0 Å². The number of nitrogens with zero attached hydrogens (tertiary/aromatic N) is 1. The highest BCUT2D eigenvalue weighted by Crippen LogP contribution is 2.26. The van der Waals surface area contributed by atoms with E-state index in [9.17, 15) is 18.0 Å². The molecule has 0 heterocycles. The summed E-state index contributed by atoms with van der Waals surface area (Å²) >= 11 is 6.07. The minimum absolute atomic E-state index is 0.0138. The number of carbonyl (C=O) groups excluding carboxylic acids is 2. The first kappa shape index (κ1) is 21.6. The van der Waals surface area contributed by atoms with Gasteiger partial charge in [0.2, 0.25) is 15.9 Å². The molecular weight excluding hydrogens is 392 g/mol. The number of likely N-dealkylation sites (N-methyl/N-ethyl adjacent to an activating group) is 1. The Hall–Kier alpha value is -1.68. The number of benzene rings is 1. The third-order valence-electron chi connectivity index (χ3n) is 4.17. The lowest BCUT2D eigenvalue weighted by molar-refractivity contribution is -0.870. The molecule has 0 aliphatic heterocycles. The van der Waals surface area contributed by atoms with Crippen molar-refractivity contribution in [1.29, 1.82) is 0 Å². The average Bonchev–Trinajstić information content (AvgIpc) is 3.38. The zero-order valence-electron chi connectivity index (χ0n) is 15.7. The number of nitrogens with one attached hydrogen (secondary N) is 3. The minimum Gasteiger partial charge on any atom is -0.348 e. The zero-order chi connectivity index (χ0) is 20.2. The van der Waals surface area contributed by atoms with E-state index in [0.717, 1.165) is 22.0 Å². The number of carbonyl (C=O) groups is 2. The zero-order valence-corrected chi connectivity index (χ0v) is 17.3. The lowest BCUT2D eigenvalue weighted by Gasteiger charge is -2.15. The third-order valence-corrected chi connectivity index (χ3v) is 6.31. The van der Waals surface area contributed by atoms with Crippen LogP contribution < -0.4 is 15.5 Å². The van der Waals surface area contributed by atoms with Crippen molar-refractivity contribution in [2.75, 3.05) is 39.5 Å². The van der Waals surface area contributed by atoms with Crippen molar-refractivity contribution in [2.24, 2.45) is 0 Å². The number of amides is 2. The van der Waals surface area contributed by atoms with Crippen molar-refractivity contribution in [3.63, 3.8) is 0 Å². The van der Waals surface area contributed by atoms with Gasteiger partial charge in [0.1, 0.15) is 0 Å². The van der Waals surface area contributed by atoms with E-state index in [0.29, 0.717) is 19.1 Å². The first-order valence-corrected chi connectivity index (χ1v) is 10.5. The normalized spacial score (nSPS) is 15.4. The molecule has 1 fully saturated rings. The van der Waals surface area contributed by atoms with Gasteiger partial charge in [-0.2, -0.15) is 0 Å². The van der Waals surface area contributed by atoms with Crippen LogP contribution in [0.5, 0.6) is 0 Å². The second-order valence-corrected chi connectivity index (χ2v) is 9.51. The minimum atomic E-state index is -3.62. The fraction of sp³-hybridized carbons (Fsp3) is 0.529. The van der Waals surface area contributed by atoms with Gasteiger partial charge in [-0.3, -0.25) is 9.59 Å². The van der Waals surface area contributed by atoms with Gasteiger partial charge >= 0.3 is 0 Å². The topological polar surface area (TPSA) is 100 Å². The van der Waals surface area contributed by atoms with Crippen LogP contribution in [0, 0.1) is 0 Å². The predicted molar refractivity (Wildman–Crippen MR) is 103 cm³/mol. The number of anilines is 1. The number of quaternary nitrogens is 1. The molecule has 27 heavy (non-hydrogen) atoms. The van der Waals surface area contributed by atoms with Gasteiger partial charge in [0.25, 0.3) is 5.91 Å². The molecule has 1 atom stereocenters. The maximum absolute atomic E-state index is 12.2. The smallest absolute Gasteiger partial charge is 0.275 e. The summed E-state index contributed by atoms with van der Waals surface area (Å²) in [6, 6.07) is 4.49. The summed E-state index contributed by atoms with van der Waals surface area (Å²) in [4.78, 5) is 24.9. The quantitative estimate of drug-likeness (QED) is 0.514. The first-order chi connectivity index (χ1) is 12.6. The molecule has 1 aliphatic carbocycles. The monoisotopic (exact) mass is 417 g/mol. The highest BCUT2D eigenvalue weighted by atomic mass is 35.5. The van der Waals surface area contributed by atoms with Gasteiger partial charge in [0, 0.05) is 20.1 Å². The van der Waals surface area contributed by atoms with Crippen molar-refractivity contribution in [2.45, 2.75) is 30.2 Å². The van der Waals surface area contributed by atoms with E-state index < -0.39 is 10.0 Å². The van der Waals surface area contributed by atoms with Crippen LogP contribution in [-0.2, 0) is 19.6 Å². The number of rotatable bonds is 9. The molecule has 1 aromatic rings. The molecule has 1 unspecified atom stereocenters. The van der Waals surface area contributed by atoms with Crippen molar-refractivity contribution in [3.05, 3.63) is 23.2 Å². The van der Waals surface area contributed by atoms with Gasteiger partial charge < -0.3 is 15.5 Å². The molecule has 0 radical (unpaired) electrons. The molecule has 10 heteroatoms. The average molecular weight is 418 g/mol. The van der Waals surface area contributed by atoms with Gasteiger partial charge in [-0.25, -0.2) is 12.7 Å². The van der Waals surface area contributed by atoms with Crippen molar-refractivity contribution >= 4 is 39.1 Å². The number of hydrogen-bond acceptors (Lipinski definition) is 4. The van der Waals surface area contributed by atoms with E-state index in [1.54, 1.807) is 0 Å². The van der Waals surface area contributed by atoms with E-state index in [1.807, 2.05) is 7.05 Å². The number of sulfonamides is 1. The summed E-state index contributed by atoms with van der Waals surface area (Å²) in [6.07, 6.45) is 2.26. The van der Waals surface area contributed by atoms with Crippen molar-refractivity contribution < 1.29 is 22.9 Å². The van der Waals surface area contributed by atoms with Gasteiger partial charge in [0.15, 0.2) is 6.54 Å². The maximum atomic E-state index is 12.2. The summed E-state index contributed by atoms with van der Waals surface area (Å²) < 4.78 is 25.5. The van der Waals surface area contributed by atoms with Gasteiger partial charge in [0.05, 0.1) is 35.6 Å². The van der Waals surface area contributed by atoms with Crippen LogP contribution in [-0.4, -0.2) is 64.8 Å². The fourth-order valence-corrected chi connectivity index (χ4v) is 3.47. The lowest BCUT2D eigenvalue weighted by Crippen LogP contribution is -3.10. The Labute approximate surface area is 164 Å². The second kappa shape index (κ2) is 9.01. The number of hydrogen-bond donors (Lipinski definition) is 3. The van der Waals surface area contributed by atoms with Crippen LogP contribution in [0.4, 0.5) is 5.69 Å². The van der Waals surface area contributed by atoms with E-state index in [2.05, 4.69) is 10.6 Å². The summed E-state index contributed by atoms with van der Waals surface area (Å²) in [5.74, 6) is -0.307. The highest BCUT2D eigenvalue weighted by molar-refractivity contribution is 7.89. The third kappa shape index (κ3) is 6.46. The lowest BCUT2D eigenvalue weighted by atomic mass is 10.3. The summed E-state index contributed by atoms with van der Waals surface area (Å²) in [5.41, 5.74) is 0.244. The Balaban J connectivity index is 1.90. The van der Waals surface area contributed by atoms with E-state index in [1.165, 1.54) is 32.3 Å². The fourth-order valence-electron chi connectivity index (χ4n) is 2.38. The molecule has 0 bridgehead atoms. The van der Waals surface area contributed by atoms with Crippen LogP contribution in [0.25, 0.3) is 0 Å². The maximum Gasteiger partial charge on any atom is 0.275 e. The van der Waals surface area contributed by atoms with E-state index in [4.69, 9.17) is 11.6 Å². The Morgan fingerprint density at radius 3 is 2.52 bits per heavy atom. The molecule has 0 saturated heterocycles. The van der Waals surface area contributed by atoms with Crippen LogP contribution in [0.1, 0.15) is 19.3 Å². The molecule has 1 aliphatic rings. The summed E-state index contributed by atoms with van der Waals surface area (Å²) in [7, 11) is 1.08. The van der Waals surface area contributed by atoms with Crippen molar-refractivity contribution in [1.82, 2.24) is 9.62 Å². The summed E-state index contributed by atoms with van der Waals surface area (Å²) in [5, 5.41) is 5.81. The number of halogens is 1. The SMILES string of the molecule is CN(C)S(=O)(=O)c1ccc(Cl)c(NC(=O)CC[NH+](C)CC(=O)NC2CC2)c1. The first-order valence-electron chi connectivity index (χ1n) is 8.72. The highest BCUT2D eigenvalue weighted by Gasteiger charge is 2.24. The molecule has 2 amide bonds. The Morgan fingerprint density at radius 1 is 1.26 bits per heavy atom. The van der Waals surface area contributed by atoms with Gasteiger partial charge in [-0.1, -0.05) is 11.6 Å². The van der Waals surface area contributed by atoms with Crippen LogP contribution >= 0.6 is 11.6 Å². The molecule has 8 nitrogen and oxygen atoms in total. The summed E-state index contributed by atoms with van der Waals surface area (Å²) in [6.45, 7) is 0.776. The van der Waals surface area contributed by atoms with Crippen molar-refractivity contribution in [3.8, 4) is 0 Å². The van der Waals surface area contributed by atoms with Crippen LogP contribution in [0.3, 0.4) is 0 Å². The molecule has 2 rings (SSSR count). The Kier molecular flexibility index (Phi) is 7.21. The molecule has 3 N–H and O–H groups in total. The molecule has 150 valence electrons. The largest absolute Gasteiger partial charge is 0.348 e. The van der Waals surface area contributed by atoms with Crippen LogP contribution in [0.15, 0.2) is 23.1 Å². The molecule has 1 saturated carbocycles.